The van der Waals surface area contributed by atoms with Gasteiger partial charge in [0.25, 0.3) is 0 Å². The van der Waals surface area contributed by atoms with Crippen LogP contribution in [-0.2, 0) is 4.74 Å². The van der Waals surface area contributed by atoms with E-state index < -0.39 is 18.4 Å². The Hall–Kier alpha value is -1.00. The normalized spacial score (nSPS) is 30.2. The molecule has 108 valence electrons. The number of nitrogen functional groups attached to an aromatic ring is 1. The predicted molar refractivity (Wildman–Crippen MR) is 78.9 cm³/mol. The van der Waals surface area contributed by atoms with Crippen molar-refractivity contribution in [3.63, 3.8) is 0 Å². The second-order valence-corrected chi connectivity index (χ2v) is 6.07. The molecule has 0 bridgehead atoms. The second kappa shape index (κ2) is 5.08. The molecule has 1 fully saturated rings. The third-order valence-corrected chi connectivity index (χ3v) is 4.56. The summed E-state index contributed by atoms with van der Waals surface area (Å²) in [7, 11) is 0. The topological polar surface area (TPSA) is 85.7 Å². The van der Waals surface area contributed by atoms with E-state index in [0.29, 0.717) is 17.0 Å². The molecule has 2 aromatic rings. The van der Waals surface area contributed by atoms with Crippen LogP contribution in [0.2, 0.25) is 0 Å². The quantitative estimate of drug-likeness (QED) is 0.754. The Morgan fingerprint density at radius 1 is 1.60 bits per heavy atom. The monoisotopic (exact) mass is 392 g/mol. The minimum absolute atomic E-state index is 0.199. The van der Waals surface area contributed by atoms with Gasteiger partial charge in [0.15, 0.2) is 5.82 Å². The number of nitrogens with zero attached hydrogens (tertiary/aromatic N) is 3. The van der Waals surface area contributed by atoms with Crippen molar-refractivity contribution in [1.29, 1.82) is 0 Å². The third-order valence-electron chi connectivity index (χ3n) is 3.73. The van der Waals surface area contributed by atoms with Crippen molar-refractivity contribution in [2.24, 2.45) is 5.92 Å². The number of aliphatic hydroxyl groups is 1. The summed E-state index contributed by atoms with van der Waals surface area (Å²) in [5.74, 6) is -0.0248. The molecule has 3 rings (SSSR count). The van der Waals surface area contributed by atoms with Gasteiger partial charge >= 0.3 is 0 Å². The lowest BCUT2D eigenvalue weighted by atomic mass is 9.99. The average molecular weight is 392 g/mol. The van der Waals surface area contributed by atoms with E-state index in [1.807, 2.05) is 0 Å². The van der Waals surface area contributed by atoms with Gasteiger partial charge in [-0.1, -0.05) is 6.92 Å². The molecule has 1 aliphatic heterocycles. The molecule has 0 amide bonds. The Kier molecular flexibility index (Phi) is 3.55. The summed E-state index contributed by atoms with van der Waals surface area (Å²) >= 11 is 2.11. The van der Waals surface area contributed by atoms with Gasteiger partial charge in [-0.15, -0.1) is 0 Å². The van der Waals surface area contributed by atoms with Crippen LogP contribution >= 0.6 is 22.6 Å². The van der Waals surface area contributed by atoms with Crippen molar-refractivity contribution in [2.45, 2.75) is 25.3 Å². The number of fused-ring (bicyclic) bond motifs is 1. The van der Waals surface area contributed by atoms with Crippen LogP contribution in [0.3, 0.4) is 0 Å². The lowest BCUT2D eigenvalue weighted by Gasteiger charge is -2.13. The largest absolute Gasteiger partial charge is 0.394 e. The minimum Gasteiger partial charge on any atom is -0.394 e. The highest BCUT2D eigenvalue weighted by molar-refractivity contribution is 14.1. The fourth-order valence-electron chi connectivity index (χ4n) is 2.56. The van der Waals surface area contributed by atoms with E-state index >= 15 is 0 Å². The number of ether oxygens (including phenoxy) is 1. The molecule has 0 unspecified atom stereocenters. The van der Waals surface area contributed by atoms with E-state index in [-0.39, 0.29) is 12.5 Å². The molecule has 0 aliphatic carbocycles. The van der Waals surface area contributed by atoms with Gasteiger partial charge in [0.2, 0.25) is 0 Å². The van der Waals surface area contributed by atoms with E-state index in [2.05, 4.69) is 32.7 Å². The van der Waals surface area contributed by atoms with Crippen LogP contribution in [0.4, 0.5) is 10.2 Å². The van der Waals surface area contributed by atoms with Gasteiger partial charge in [-0.25, -0.2) is 13.9 Å². The first-order valence-corrected chi connectivity index (χ1v) is 7.30. The summed E-state index contributed by atoms with van der Waals surface area (Å²) in [6.45, 7) is 1.53. The zero-order valence-electron chi connectivity index (χ0n) is 10.7. The molecule has 20 heavy (non-hydrogen) atoms. The highest BCUT2D eigenvalue weighted by Gasteiger charge is 2.44. The fraction of sp³-hybridized carbons (Fsp3) is 0.500. The van der Waals surface area contributed by atoms with Gasteiger partial charge in [-0.3, -0.25) is 0 Å². The number of aliphatic hydroxyl groups excluding tert-OH is 1. The number of rotatable bonds is 2. The van der Waals surface area contributed by atoms with Crippen molar-refractivity contribution in [2.75, 3.05) is 12.3 Å². The SMILES string of the molecule is C[C@H]1[C@H](F)[C@H](c2cc(I)c3c(N)ncnn23)O[C@@H]1CO. The van der Waals surface area contributed by atoms with Crippen molar-refractivity contribution in [1.82, 2.24) is 14.6 Å². The Morgan fingerprint density at radius 3 is 3.00 bits per heavy atom. The maximum atomic E-state index is 14.4. The van der Waals surface area contributed by atoms with Gasteiger partial charge in [0, 0.05) is 9.49 Å². The third kappa shape index (κ3) is 1.97. The van der Waals surface area contributed by atoms with Crippen molar-refractivity contribution >= 4 is 33.9 Å². The van der Waals surface area contributed by atoms with E-state index in [0.717, 1.165) is 3.57 Å². The van der Waals surface area contributed by atoms with Gasteiger partial charge in [0.1, 0.15) is 24.1 Å². The van der Waals surface area contributed by atoms with Crippen LogP contribution in [0, 0.1) is 9.49 Å². The zero-order chi connectivity index (χ0) is 14.4. The van der Waals surface area contributed by atoms with E-state index in [1.165, 1.54) is 6.33 Å². The first kappa shape index (κ1) is 14.0. The Labute approximate surface area is 128 Å². The number of aromatic nitrogens is 3. The maximum absolute atomic E-state index is 14.4. The van der Waals surface area contributed by atoms with Gasteiger partial charge in [-0.05, 0) is 28.7 Å². The Balaban J connectivity index is 2.10. The Bertz CT molecular complexity index is 650. The van der Waals surface area contributed by atoms with E-state index in [4.69, 9.17) is 10.5 Å². The van der Waals surface area contributed by atoms with Crippen molar-refractivity contribution in [3.05, 3.63) is 21.7 Å². The predicted octanol–water partition coefficient (Wildman–Crippen LogP) is 1.32. The number of halogens is 2. The molecule has 0 saturated carbocycles. The molecule has 8 heteroatoms. The molecule has 4 atom stereocenters. The van der Waals surface area contributed by atoms with Gasteiger partial charge < -0.3 is 15.6 Å². The highest BCUT2D eigenvalue weighted by atomic mass is 127. The number of hydrogen-bond donors (Lipinski definition) is 2. The number of nitrogens with two attached hydrogens (primary N) is 1. The molecule has 6 nitrogen and oxygen atoms in total. The lowest BCUT2D eigenvalue weighted by Crippen LogP contribution is -2.21. The molecule has 2 aromatic heterocycles. The summed E-state index contributed by atoms with van der Waals surface area (Å²) in [6, 6.07) is 1.80. The smallest absolute Gasteiger partial charge is 0.152 e. The summed E-state index contributed by atoms with van der Waals surface area (Å²) in [5, 5.41) is 13.4. The molecule has 3 heterocycles. The first-order valence-electron chi connectivity index (χ1n) is 6.22. The number of alkyl halides is 1. The first-order chi connectivity index (χ1) is 9.54. The van der Waals surface area contributed by atoms with Crippen molar-refractivity contribution < 1.29 is 14.2 Å². The van der Waals surface area contributed by atoms with Crippen LogP contribution < -0.4 is 5.73 Å². The zero-order valence-corrected chi connectivity index (χ0v) is 12.9. The molecule has 0 spiro atoms. The van der Waals surface area contributed by atoms with Gasteiger partial charge in [-0.2, -0.15) is 5.10 Å². The second-order valence-electron chi connectivity index (χ2n) is 4.90. The van der Waals surface area contributed by atoms with E-state index in [1.54, 1.807) is 17.5 Å². The molecular formula is C12H14FIN4O2. The molecule has 0 radical (unpaired) electrons. The maximum Gasteiger partial charge on any atom is 0.152 e. The lowest BCUT2D eigenvalue weighted by molar-refractivity contribution is -0.00713. The summed E-state index contributed by atoms with van der Waals surface area (Å²) < 4.78 is 22.5. The molecule has 3 N–H and O–H groups in total. The minimum atomic E-state index is -1.20. The van der Waals surface area contributed by atoms with E-state index in [9.17, 15) is 9.50 Å². The summed E-state index contributed by atoms with van der Waals surface area (Å²) in [5.41, 5.74) is 7.08. The van der Waals surface area contributed by atoms with Crippen molar-refractivity contribution in [3.8, 4) is 0 Å². The summed E-state index contributed by atoms with van der Waals surface area (Å²) in [4.78, 5) is 3.94. The molecule has 1 aliphatic rings. The molecule has 0 aromatic carbocycles. The number of hydrogen-bond acceptors (Lipinski definition) is 5. The highest BCUT2D eigenvalue weighted by Crippen LogP contribution is 2.40. The molecular weight excluding hydrogens is 378 g/mol. The van der Waals surface area contributed by atoms with Crippen LogP contribution in [0.1, 0.15) is 18.7 Å². The fourth-order valence-corrected chi connectivity index (χ4v) is 3.38. The standard InChI is InChI=1S/C12H14FIN4O2/c1-5-8(3-19)20-11(9(5)13)7-2-6(14)10-12(15)16-4-17-18(7)10/h2,4-5,8-9,11,19H,3H2,1H3,(H2,15,16,17)/t5-,8-,9+,11+/m1/s1. The Morgan fingerprint density at radius 2 is 2.35 bits per heavy atom. The number of anilines is 1. The van der Waals surface area contributed by atoms with Crippen LogP contribution in [0.25, 0.3) is 5.52 Å². The average Bonchev–Trinajstić information content (AvgIpc) is 2.90. The van der Waals surface area contributed by atoms with Crippen LogP contribution in [-0.4, -0.2) is 38.6 Å². The van der Waals surface area contributed by atoms with Crippen LogP contribution in [0.5, 0.6) is 0 Å². The summed E-state index contributed by atoms with van der Waals surface area (Å²) in [6.07, 6.45) is -1.13. The molecule has 1 saturated heterocycles. The van der Waals surface area contributed by atoms with Gasteiger partial charge in [0.05, 0.1) is 18.4 Å². The van der Waals surface area contributed by atoms with Crippen LogP contribution in [0.15, 0.2) is 12.4 Å².